The summed E-state index contributed by atoms with van der Waals surface area (Å²) in [5.41, 5.74) is 4.24. The molecule has 9 rings (SSSR count). The molecule has 1 aliphatic heterocycles. The number of hydrogen-bond acceptors (Lipinski definition) is 5. The van der Waals surface area contributed by atoms with E-state index in [0.29, 0.717) is 42.4 Å². The van der Waals surface area contributed by atoms with E-state index in [-0.39, 0.29) is 11.0 Å². The van der Waals surface area contributed by atoms with Gasteiger partial charge in [-0.2, -0.15) is 0 Å². The van der Waals surface area contributed by atoms with Crippen molar-refractivity contribution in [2.24, 2.45) is 17.8 Å². The smallest absolute Gasteiger partial charge is 0.335 e. The molecule has 0 spiro atoms. The van der Waals surface area contributed by atoms with Gasteiger partial charge in [-0.25, -0.2) is 9.69 Å². The van der Waals surface area contributed by atoms with Crippen LogP contribution < -0.4 is 19.7 Å². The molecule has 5 fully saturated rings. The zero-order valence-corrected chi connectivity index (χ0v) is 28.5. The van der Waals surface area contributed by atoms with Crippen molar-refractivity contribution < 1.29 is 23.9 Å². The summed E-state index contributed by atoms with van der Waals surface area (Å²) in [4.78, 5) is 41.2. The van der Waals surface area contributed by atoms with E-state index in [0.717, 1.165) is 44.6 Å². The van der Waals surface area contributed by atoms with E-state index >= 15 is 0 Å². The van der Waals surface area contributed by atoms with Gasteiger partial charge in [-0.15, -0.1) is 6.58 Å². The Bertz CT molecular complexity index is 2000. The zero-order chi connectivity index (χ0) is 34.4. The number of nitrogens with zero attached hydrogens (tertiary/aromatic N) is 1. The Kier molecular flexibility index (Phi) is 8.30. The van der Waals surface area contributed by atoms with Crippen LogP contribution in [0.25, 0.3) is 16.8 Å². The first-order chi connectivity index (χ1) is 24.3. The molecule has 4 aromatic carbocycles. The fraction of sp³-hybridized carbons (Fsp3) is 0.326. The second-order valence-corrected chi connectivity index (χ2v) is 14.6. The second kappa shape index (κ2) is 12.9. The average Bonchev–Trinajstić information content (AvgIpc) is 3.10. The number of benzene rings is 4. The molecule has 4 amide bonds. The number of rotatable bonds is 10. The lowest BCUT2D eigenvalue weighted by Gasteiger charge is -2.57. The predicted molar refractivity (Wildman–Crippen MR) is 195 cm³/mol. The van der Waals surface area contributed by atoms with Crippen molar-refractivity contribution in [2.75, 3.05) is 11.5 Å². The predicted octanol–water partition coefficient (Wildman–Crippen LogP) is 8.68. The number of hydrogen-bond donors (Lipinski definition) is 1. The maximum absolute atomic E-state index is 13.9. The van der Waals surface area contributed by atoms with Crippen LogP contribution in [0.3, 0.4) is 0 Å². The standard InChI is InChI=1S/C43H42N2O5/c1-3-8-32-20-27(22-38(49-4-2)39(32)50-26-33-11-7-10-31-9-5-6-12-36(31)33)21-37-40(46)44-42(48)45(41(37)47)35-15-13-34(14-16-35)43-23-28-17-29(24-43)19-30(18-28)25-43/h3,5-7,9-16,20-22,28-30H,1,4,8,17-19,23-26H2,2H3,(H,44,46,48)/b37-21+. The molecule has 1 saturated heterocycles. The number of nitrogens with one attached hydrogen (secondary N) is 1. The molecule has 0 atom stereocenters. The molecule has 0 aromatic heterocycles. The summed E-state index contributed by atoms with van der Waals surface area (Å²) in [7, 11) is 0. The highest BCUT2D eigenvalue weighted by Crippen LogP contribution is 2.60. The summed E-state index contributed by atoms with van der Waals surface area (Å²) < 4.78 is 12.5. The van der Waals surface area contributed by atoms with Crippen molar-refractivity contribution in [1.29, 1.82) is 0 Å². The van der Waals surface area contributed by atoms with Crippen molar-refractivity contribution in [3.05, 3.63) is 119 Å². The summed E-state index contributed by atoms with van der Waals surface area (Å²) in [5.74, 6) is 2.12. The highest BCUT2D eigenvalue weighted by Gasteiger charge is 2.51. The first-order valence-electron chi connectivity index (χ1n) is 17.9. The Labute approximate surface area is 293 Å². The monoisotopic (exact) mass is 666 g/mol. The highest BCUT2D eigenvalue weighted by atomic mass is 16.5. The van der Waals surface area contributed by atoms with Crippen LogP contribution >= 0.6 is 0 Å². The number of allylic oxidation sites excluding steroid dienone is 1. The number of carbonyl (C=O) groups excluding carboxylic acids is 3. The normalized spacial score (nSPS) is 24.9. The lowest BCUT2D eigenvalue weighted by molar-refractivity contribution is -0.122. The molecular formula is C43H42N2O5. The number of fused-ring (bicyclic) bond motifs is 1. The van der Waals surface area contributed by atoms with E-state index in [1.165, 1.54) is 50.2 Å². The molecule has 4 saturated carbocycles. The molecule has 4 bridgehead atoms. The third kappa shape index (κ3) is 5.78. The van der Waals surface area contributed by atoms with Gasteiger partial charge in [-0.1, -0.05) is 60.7 Å². The molecule has 254 valence electrons. The van der Waals surface area contributed by atoms with Crippen LogP contribution in [-0.2, 0) is 28.0 Å². The topological polar surface area (TPSA) is 84.9 Å². The molecule has 50 heavy (non-hydrogen) atoms. The van der Waals surface area contributed by atoms with Gasteiger partial charge in [-0.05, 0) is 133 Å². The molecule has 7 heteroatoms. The van der Waals surface area contributed by atoms with E-state index in [4.69, 9.17) is 9.47 Å². The van der Waals surface area contributed by atoms with Crippen molar-refractivity contribution in [2.45, 2.75) is 63.9 Å². The van der Waals surface area contributed by atoms with Crippen molar-refractivity contribution >= 4 is 40.4 Å². The van der Waals surface area contributed by atoms with Gasteiger partial charge in [0.25, 0.3) is 11.8 Å². The SMILES string of the molecule is C=CCc1cc(/C=C2\C(=O)NC(=O)N(c3ccc(C45CC6CC(CC(C6)C4)C5)cc3)C2=O)cc(OCC)c1OCc1cccc2ccccc12. The van der Waals surface area contributed by atoms with Crippen LogP contribution in [0.2, 0.25) is 0 Å². The largest absolute Gasteiger partial charge is 0.490 e. The lowest BCUT2D eigenvalue weighted by atomic mass is 9.48. The van der Waals surface area contributed by atoms with Gasteiger partial charge in [0.2, 0.25) is 0 Å². The molecular weight excluding hydrogens is 624 g/mol. The number of anilines is 1. The van der Waals surface area contributed by atoms with Crippen molar-refractivity contribution in [3.63, 3.8) is 0 Å². The molecule has 0 unspecified atom stereocenters. The maximum atomic E-state index is 13.9. The maximum Gasteiger partial charge on any atom is 0.335 e. The Balaban J connectivity index is 1.08. The van der Waals surface area contributed by atoms with Gasteiger partial charge in [0.05, 0.1) is 12.3 Å². The summed E-state index contributed by atoms with van der Waals surface area (Å²) in [6, 6.07) is 25.1. The van der Waals surface area contributed by atoms with Crippen LogP contribution in [0.4, 0.5) is 10.5 Å². The molecule has 4 aliphatic carbocycles. The third-order valence-electron chi connectivity index (χ3n) is 11.3. The van der Waals surface area contributed by atoms with Gasteiger partial charge >= 0.3 is 6.03 Å². The second-order valence-electron chi connectivity index (χ2n) is 14.6. The number of carbonyl (C=O) groups is 3. The number of imide groups is 2. The first kappa shape index (κ1) is 32.1. The third-order valence-corrected chi connectivity index (χ3v) is 11.3. The highest BCUT2D eigenvalue weighted by molar-refractivity contribution is 6.39. The van der Waals surface area contributed by atoms with Crippen LogP contribution in [0.5, 0.6) is 11.5 Å². The van der Waals surface area contributed by atoms with Crippen LogP contribution in [-0.4, -0.2) is 24.5 Å². The number of ether oxygens (including phenoxy) is 2. The minimum absolute atomic E-state index is 0.133. The van der Waals surface area contributed by atoms with E-state index in [1.807, 2.05) is 49.4 Å². The molecule has 5 aliphatic rings. The molecule has 0 radical (unpaired) electrons. The van der Waals surface area contributed by atoms with Gasteiger partial charge < -0.3 is 9.47 Å². The van der Waals surface area contributed by atoms with E-state index in [1.54, 1.807) is 12.1 Å². The quantitative estimate of drug-likeness (QED) is 0.104. The Morgan fingerprint density at radius 3 is 2.26 bits per heavy atom. The number of barbiturate groups is 1. The van der Waals surface area contributed by atoms with Crippen LogP contribution in [0.1, 0.15) is 67.7 Å². The fourth-order valence-electron chi connectivity index (χ4n) is 9.56. The Morgan fingerprint density at radius 2 is 1.56 bits per heavy atom. The van der Waals surface area contributed by atoms with E-state index < -0.39 is 17.8 Å². The van der Waals surface area contributed by atoms with Crippen molar-refractivity contribution in [1.82, 2.24) is 5.32 Å². The number of urea groups is 1. The Morgan fingerprint density at radius 1 is 0.860 bits per heavy atom. The van der Waals surface area contributed by atoms with Gasteiger partial charge in [-0.3, -0.25) is 14.9 Å². The van der Waals surface area contributed by atoms with Gasteiger partial charge in [0, 0.05) is 5.56 Å². The van der Waals surface area contributed by atoms with Gasteiger partial charge in [0.1, 0.15) is 12.2 Å². The van der Waals surface area contributed by atoms with Crippen LogP contribution in [0.15, 0.2) is 97.1 Å². The summed E-state index contributed by atoms with van der Waals surface area (Å²) in [6.07, 6.45) is 11.6. The molecule has 4 aromatic rings. The van der Waals surface area contributed by atoms with E-state index in [2.05, 4.69) is 42.2 Å². The molecule has 1 N–H and O–H groups in total. The lowest BCUT2D eigenvalue weighted by Crippen LogP contribution is -2.54. The summed E-state index contributed by atoms with van der Waals surface area (Å²) in [5, 5.41) is 4.63. The van der Waals surface area contributed by atoms with Crippen molar-refractivity contribution in [3.8, 4) is 11.5 Å². The molecule has 7 nitrogen and oxygen atoms in total. The Hall–Kier alpha value is -5.17. The minimum atomic E-state index is -0.751. The first-order valence-corrected chi connectivity index (χ1v) is 17.9. The fourth-order valence-corrected chi connectivity index (χ4v) is 9.56. The van der Waals surface area contributed by atoms with Crippen LogP contribution in [0, 0.1) is 17.8 Å². The van der Waals surface area contributed by atoms with Gasteiger partial charge in [0.15, 0.2) is 11.5 Å². The summed E-state index contributed by atoms with van der Waals surface area (Å²) >= 11 is 0. The number of amides is 4. The molecule has 1 heterocycles. The minimum Gasteiger partial charge on any atom is -0.490 e. The summed E-state index contributed by atoms with van der Waals surface area (Å²) in [6.45, 7) is 6.54. The average molecular weight is 667 g/mol. The van der Waals surface area contributed by atoms with E-state index in [9.17, 15) is 14.4 Å². The zero-order valence-electron chi connectivity index (χ0n) is 28.5.